The van der Waals surface area contributed by atoms with Gasteiger partial charge in [-0.1, -0.05) is 0 Å². The van der Waals surface area contributed by atoms with Gasteiger partial charge in [-0.2, -0.15) is 0 Å². The van der Waals surface area contributed by atoms with Crippen LogP contribution in [0.25, 0.3) is 6.08 Å². The topological polar surface area (TPSA) is 29.1 Å². The van der Waals surface area contributed by atoms with E-state index in [0.29, 0.717) is 0 Å². The van der Waals surface area contributed by atoms with Crippen LogP contribution in [-0.2, 0) is 4.79 Å². The summed E-state index contributed by atoms with van der Waals surface area (Å²) in [5, 5.41) is 4.87. The number of nitrogens with one attached hydrogen (secondary N) is 1. The molecule has 0 bridgehead atoms. The van der Waals surface area contributed by atoms with Crippen LogP contribution in [-0.4, -0.2) is 12.2 Å². The van der Waals surface area contributed by atoms with Crippen LogP contribution in [0.4, 0.5) is 5.69 Å². The Kier molecular flexibility index (Phi) is 4.82. The zero-order chi connectivity index (χ0) is 13.7. The molecule has 19 heavy (non-hydrogen) atoms. The minimum absolute atomic E-state index is 0.107. The lowest BCUT2D eigenvalue weighted by Crippen LogP contribution is -2.07. The van der Waals surface area contributed by atoms with Crippen molar-refractivity contribution in [2.24, 2.45) is 0 Å². The molecule has 1 heterocycles. The summed E-state index contributed by atoms with van der Waals surface area (Å²) in [6.45, 7) is 2.04. The number of hydrogen-bond acceptors (Lipinski definition) is 3. The Morgan fingerprint density at radius 3 is 2.58 bits per heavy atom. The van der Waals surface area contributed by atoms with Crippen molar-refractivity contribution in [1.82, 2.24) is 0 Å². The maximum absolute atomic E-state index is 11.8. The highest BCUT2D eigenvalue weighted by atomic mass is 32.2. The van der Waals surface area contributed by atoms with Crippen LogP contribution in [0.1, 0.15) is 10.4 Å². The lowest BCUT2D eigenvalue weighted by Gasteiger charge is -2.02. The monoisotopic (exact) mass is 289 g/mol. The second kappa shape index (κ2) is 6.59. The second-order valence-electron chi connectivity index (χ2n) is 4.02. The van der Waals surface area contributed by atoms with E-state index in [0.717, 1.165) is 10.6 Å². The smallest absolute Gasteiger partial charge is 0.248 e. The van der Waals surface area contributed by atoms with Crippen LogP contribution in [0.15, 0.2) is 46.7 Å². The van der Waals surface area contributed by atoms with Gasteiger partial charge in [0.1, 0.15) is 0 Å². The van der Waals surface area contributed by atoms with Gasteiger partial charge in [0.25, 0.3) is 0 Å². The first-order valence-electron chi connectivity index (χ1n) is 5.86. The molecule has 1 N–H and O–H groups in total. The Morgan fingerprint density at radius 2 is 2.00 bits per heavy atom. The van der Waals surface area contributed by atoms with Crippen molar-refractivity contribution in [3.05, 3.63) is 52.2 Å². The summed E-state index contributed by atoms with van der Waals surface area (Å²) >= 11 is 3.31. The van der Waals surface area contributed by atoms with Crippen LogP contribution in [0, 0.1) is 6.92 Å². The zero-order valence-corrected chi connectivity index (χ0v) is 12.5. The third kappa shape index (κ3) is 3.98. The molecule has 4 heteroatoms. The van der Waals surface area contributed by atoms with Gasteiger partial charge in [0, 0.05) is 21.5 Å². The fraction of sp³-hybridized carbons (Fsp3) is 0.133. The Morgan fingerprint density at radius 1 is 1.26 bits per heavy atom. The number of thiophene rings is 1. The lowest BCUT2D eigenvalue weighted by molar-refractivity contribution is -0.111. The molecule has 0 saturated carbocycles. The number of carbonyl (C=O) groups is 1. The van der Waals surface area contributed by atoms with E-state index in [9.17, 15) is 4.79 Å². The molecule has 0 unspecified atom stereocenters. The molecule has 1 amide bonds. The number of rotatable bonds is 4. The molecule has 0 aliphatic carbocycles. The summed E-state index contributed by atoms with van der Waals surface area (Å²) < 4.78 is 0. The second-order valence-corrected chi connectivity index (χ2v) is 5.85. The molecule has 0 spiro atoms. The SMILES string of the molecule is CSc1ccc(NC(=O)/C=C/c2sccc2C)cc1. The summed E-state index contributed by atoms with van der Waals surface area (Å²) in [6.07, 6.45) is 5.45. The normalized spacial score (nSPS) is 10.8. The van der Waals surface area contributed by atoms with Crippen LogP contribution >= 0.6 is 23.1 Å². The van der Waals surface area contributed by atoms with Gasteiger partial charge < -0.3 is 5.32 Å². The molecule has 2 rings (SSSR count). The molecule has 0 fully saturated rings. The predicted octanol–water partition coefficient (Wildman–Crippen LogP) is 4.43. The average molecular weight is 289 g/mol. The molecule has 2 aromatic rings. The zero-order valence-electron chi connectivity index (χ0n) is 10.8. The first-order chi connectivity index (χ1) is 9.19. The highest BCUT2D eigenvalue weighted by Crippen LogP contribution is 2.18. The average Bonchev–Trinajstić information content (AvgIpc) is 2.83. The summed E-state index contributed by atoms with van der Waals surface area (Å²) in [6, 6.07) is 9.85. The van der Waals surface area contributed by atoms with Gasteiger partial charge in [-0.05, 0) is 60.5 Å². The largest absolute Gasteiger partial charge is 0.323 e. The highest BCUT2D eigenvalue weighted by molar-refractivity contribution is 7.98. The number of benzene rings is 1. The number of carbonyl (C=O) groups excluding carboxylic acids is 1. The van der Waals surface area contributed by atoms with Gasteiger partial charge in [0.2, 0.25) is 5.91 Å². The number of anilines is 1. The summed E-state index contributed by atoms with van der Waals surface area (Å²) in [4.78, 5) is 14.1. The Bertz CT molecular complexity index is 584. The number of aryl methyl sites for hydroxylation is 1. The molecule has 98 valence electrons. The molecule has 0 aliphatic heterocycles. The van der Waals surface area contributed by atoms with Crippen molar-refractivity contribution in [3.8, 4) is 0 Å². The van der Waals surface area contributed by atoms with Crippen molar-refractivity contribution >= 4 is 40.8 Å². The van der Waals surface area contributed by atoms with Gasteiger partial charge in [-0.15, -0.1) is 23.1 Å². The van der Waals surface area contributed by atoms with Crippen molar-refractivity contribution in [2.75, 3.05) is 11.6 Å². The minimum Gasteiger partial charge on any atom is -0.323 e. The van der Waals surface area contributed by atoms with Crippen LogP contribution in [0.5, 0.6) is 0 Å². The number of amides is 1. The third-order valence-corrected chi connectivity index (χ3v) is 4.37. The lowest BCUT2D eigenvalue weighted by atomic mass is 10.2. The van der Waals surface area contributed by atoms with E-state index in [4.69, 9.17) is 0 Å². The van der Waals surface area contributed by atoms with Crippen LogP contribution in [0.2, 0.25) is 0 Å². The van der Waals surface area contributed by atoms with Crippen LogP contribution < -0.4 is 5.32 Å². The van der Waals surface area contributed by atoms with E-state index < -0.39 is 0 Å². The fourth-order valence-corrected chi connectivity index (χ4v) is 2.79. The summed E-state index contributed by atoms with van der Waals surface area (Å²) in [5.74, 6) is -0.107. The van der Waals surface area contributed by atoms with Crippen molar-refractivity contribution in [2.45, 2.75) is 11.8 Å². The Labute approximate surface area is 121 Å². The number of thioether (sulfide) groups is 1. The maximum atomic E-state index is 11.8. The van der Waals surface area contributed by atoms with E-state index in [1.807, 2.05) is 55.0 Å². The molecule has 0 radical (unpaired) electrons. The van der Waals surface area contributed by atoms with Gasteiger partial charge in [-0.25, -0.2) is 0 Å². The molecule has 1 aromatic heterocycles. The Hall–Kier alpha value is -1.52. The quantitative estimate of drug-likeness (QED) is 0.666. The van der Waals surface area contributed by atoms with Crippen molar-refractivity contribution < 1.29 is 4.79 Å². The maximum Gasteiger partial charge on any atom is 0.248 e. The molecule has 0 atom stereocenters. The molecular weight excluding hydrogens is 274 g/mol. The van der Waals surface area contributed by atoms with Crippen molar-refractivity contribution in [3.63, 3.8) is 0 Å². The van der Waals surface area contributed by atoms with E-state index in [1.165, 1.54) is 10.5 Å². The Balaban J connectivity index is 1.97. The van der Waals surface area contributed by atoms with Gasteiger partial charge in [-0.3, -0.25) is 4.79 Å². The van der Waals surface area contributed by atoms with Crippen molar-refractivity contribution in [1.29, 1.82) is 0 Å². The minimum atomic E-state index is -0.107. The fourth-order valence-electron chi connectivity index (χ4n) is 1.56. The van der Waals surface area contributed by atoms with E-state index in [1.54, 1.807) is 29.2 Å². The summed E-state index contributed by atoms with van der Waals surface area (Å²) in [7, 11) is 0. The summed E-state index contributed by atoms with van der Waals surface area (Å²) in [5.41, 5.74) is 2.01. The molecule has 0 saturated heterocycles. The van der Waals surface area contributed by atoms with Gasteiger partial charge >= 0.3 is 0 Å². The van der Waals surface area contributed by atoms with E-state index in [2.05, 4.69) is 5.32 Å². The third-order valence-electron chi connectivity index (χ3n) is 2.65. The van der Waals surface area contributed by atoms with E-state index >= 15 is 0 Å². The number of hydrogen-bond donors (Lipinski definition) is 1. The highest BCUT2D eigenvalue weighted by Gasteiger charge is 1.99. The first kappa shape index (κ1) is 13.9. The predicted molar refractivity (Wildman–Crippen MR) is 84.9 cm³/mol. The molecule has 2 nitrogen and oxygen atoms in total. The van der Waals surface area contributed by atoms with Crippen LogP contribution in [0.3, 0.4) is 0 Å². The van der Waals surface area contributed by atoms with Gasteiger partial charge in [0.15, 0.2) is 0 Å². The molecule has 0 aliphatic rings. The van der Waals surface area contributed by atoms with Gasteiger partial charge in [0.05, 0.1) is 0 Å². The van der Waals surface area contributed by atoms with E-state index in [-0.39, 0.29) is 5.91 Å². The first-order valence-corrected chi connectivity index (χ1v) is 7.96. The molecular formula is C15H15NOS2. The standard InChI is InChI=1S/C15H15NOS2/c1-11-9-10-19-14(11)7-8-15(17)16-12-3-5-13(18-2)6-4-12/h3-10H,1-2H3,(H,16,17)/b8-7+. The molecule has 1 aromatic carbocycles.